The van der Waals surface area contributed by atoms with Crippen LogP contribution in [0, 0.1) is 21.7 Å². The van der Waals surface area contributed by atoms with E-state index in [0.717, 1.165) is 6.07 Å². The van der Waals surface area contributed by atoms with Gasteiger partial charge in [0.1, 0.15) is 5.02 Å². The number of hydrogen-bond donors (Lipinski definition) is 1. The highest BCUT2D eigenvalue weighted by molar-refractivity contribution is 6.34. The molecule has 0 heterocycles. The maximum Gasteiger partial charge on any atom is 0.289 e. The minimum atomic E-state index is -1.24. The monoisotopic (exact) mass is 346 g/mol. The number of carbonyl (C=O) groups is 1. The molecule has 0 saturated heterocycles. The standard InChI is InChI=1S/C13H6Cl2F2N2O3/c14-8-2-1-6(3-12(8)19(21)22)18-13(20)7-4-10(16)11(17)5-9(7)15/h1-5H,(H,18,20). The molecule has 2 aromatic carbocycles. The van der Waals surface area contributed by atoms with Crippen LogP contribution in [0.15, 0.2) is 30.3 Å². The lowest BCUT2D eigenvalue weighted by atomic mass is 10.2. The summed E-state index contributed by atoms with van der Waals surface area (Å²) in [6.45, 7) is 0. The first-order valence-corrected chi connectivity index (χ1v) is 6.45. The van der Waals surface area contributed by atoms with Crippen molar-refractivity contribution in [3.8, 4) is 0 Å². The summed E-state index contributed by atoms with van der Waals surface area (Å²) < 4.78 is 26.1. The van der Waals surface area contributed by atoms with Crippen molar-refractivity contribution in [3.05, 3.63) is 67.7 Å². The van der Waals surface area contributed by atoms with Crippen LogP contribution in [0.1, 0.15) is 10.4 Å². The number of carbonyl (C=O) groups excluding carboxylic acids is 1. The van der Waals surface area contributed by atoms with E-state index in [1.807, 2.05) is 0 Å². The van der Waals surface area contributed by atoms with E-state index in [2.05, 4.69) is 5.32 Å². The molecule has 0 fully saturated rings. The Bertz CT molecular complexity index is 784. The van der Waals surface area contributed by atoms with Gasteiger partial charge in [0.15, 0.2) is 11.6 Å². The molecular formula is C13H6Cl2F2N2O3. The van der Waals surface area contributed by atoms with Gasteiger partial charge in [-0.15, -0.1) is 0 Å². The van der Waals surface area contributed by atoms with Crippen molar-refractivity contribution in [1.82, 2.24) is 0 Å². The smallest absolute Gasteiger partial charge is 0.289 e. The van der Waals surface area contributed by atoms with Crippen molar-refractivity contribution in [2.45, 2.75) is 0 Å². The number of hydrogen-bond acceptors (Lipinski definition) is 3. The number of amides is 1. The van der Waals surface area contributed by atoms with Gasteiger partial charge < -0.3 is 5.32 Å². The Kier molecular flexibility index (Phi) is 4.58. The van der Waals surface area contributed by atoms with Gasteiger partial charge in [-0.3, -0.25) is 14.9 Å². The lowest BCUT2D eigenvalue weighted by molar-refractivity contribution is -0.384. The fourth-order valence-electron chi connectivity index (χ4n) is 1.63. The largest absolute Gasteiger partial charge is 0.322 e. The maximum absolute atomic E-state index is 13.2. The topological polar surface area (TPSA) is 72.2 Å². The van der Waals surface area contributed by atoms with Crippen LogP contribution >= 0.6 is 23.2 Å². The molecule has 1 amide bonds. The molecule has 0 aromatic heterocycles. The van der Waals surface area contributed by atoms with Crippen LogP contribution in [0.2, 0.25) is 10.0 Å². The second kappa shape index (κ2) is 6.25. The van der Waals surface area contributed by atoms with Crippen molar-refractivity contribution < 1.29 is 18.5 Å². The average Bonchev–Trinajstić information content (AvgIpc) is 2.44. The molecule has 1 N–H and O–H groups in total. The van der Waals surface area contributed by atoms with Gasteiger partial charge in [0.2, 0.25) is 0 Å². The molecule has 22 heavy (non-hydrogen) atoms. The fourth-order valence-corrected chi connectivity index (χ4v) is 2.05. The van der Waals surface area contributed by atoms with Crippen molar-refractivity contribution in [2.75, 3.05) is 5.32 Å². The van der Waals surface area contributed by atoms with Gasteiger partial charge in [0.05, 0.1) is 15.5 Å². The molecule has 0 unspecified atom stereocenters. The lowest BCUT2D eigenvalue weighted by Gasteiger charge is -2.08. The third-order valence-electron chi connectivity index (χ3n) is 2.66. The highest BCUT2D eigenvalue weighted by Crippen LogP contribution is 2.28. The normalized spacial score (nSPS) is 10.4. The lowest BCUT2D eigenvalue weighted by Crippen LogP contribution is -2.13. The number of benzene rings is 2. The first-order chi connectivity index (χ1) is 10.3. The van der Waals surface area contributed by atoms with E-state index in [1.165, 1.54) is 12.1 Å². The Morgan fingerprint density at radius 1 is 1.09 bits per heavy atom. The van der Waals surface area contributed by atoms with Crippen LogP contribution in [0.3, 0.4) is 0 Å². The van der Waals surface area contributed by atoms with Gasteiger partial charge in [0, 0.05) is 11.8 Å². The number of nitro groups is 1. The molecule has 0 saturated carbocycles. The maximum atomic E-state index is 13.2. The Morgan fingerprint density at radius 3 is 2.36 bits per heavy atom. The second-order valence-corrected chi connectivity index (χ2v) is 4.94. The number of nitrogens with one attached hydrogen (secondary N) is 1. The SMILES string of the molecule is O=C(Nc1ccc(Cl)c([N+](=O)[O-])c1)c1cc(F)c(F)cc1Cl. The Morgan fingerprint density at radius 2 is 1.73 bits per heavy atom. The van der Waals surface area contributed by atoms with E-state index in [-0.39, 0.29) is 21.3 Å². The molecule has 0 aliphatic heterocycles. The Hall–Kier alpha value is -2.25. The number of nitrogens with zero attached hydrogens (tertiary/aromatic N) is 1. The van der Waals surface area contributed by atoms with E-state index in [4.69, 9.17) is 23.2 Å². The minimum Gasteiger partial charge on any atom is -0.322 e. The van der Waals surface area contributed by atoms with Gasteiger partial charge >= 0.3 is 0 Å². The zero-order valence-corrected chi connectivity index (χ0v) is 12.1. The molecule has 5 nitrogen and oxygen atoms in total. The molecule has 2 rings (SSSR count). The fraction of sp³-hybridized carbons (Fsp3) is 0. The zero-order chi connectivity index (χ0) is 16.4. The first-order valence-electron chi connectivity index (χ1n) is 5.69. The Balaban J connectivity index is 2.32. The molecule has 0 spiro atoms. The molecule has 0 aliphatic rings. The predicted molar refractivity (Wildman–Crippen MR) is 77.4 cm³/mol. The average molecular weight is 347 g/mol. The van der Waals surface area contributed by atoms with E-state index in [9.17, 15) is 23.7 Å². The van der Waals surface area contributed by atoms with E-state index < -0.39 is 28.2 Å². The van der Waals surface area contributed by atoms with Crippen LogP contribution < -0.4 is 5.32 Å². The summed E-state index contributed by atoms with van der Waals surface area (Å²) in [5.74, 6) is -3.28. The van der Waals surface area contributed by atoms with Crippen molar-refractivity contribution in [3.63, 3.8) is 0 Å². The number of halogens is 4. The number of nitro benzene ring substituents is 1. The summed E-state index contributed by atoms with van der Waals surface area (Å²) in [5.41, 5.74) is -0.657. The van der Waals surface area contributed by atoms with Crippen LogP contribution in [0.25, 0.3) is 0 Å². The van der Waals surface area contributed by atoms with Crippen LogP contribution in [-0.4, -0.2) is 10.8 Å². The second-order valence-electron chi connectivity index (χ2n) is 4.12. The van der Waals surface area contributed by atoms with E-state index in [1.54, 1.807) is 0 Å². The minimum absolute atomic E-state index is 0.0573. The summed E-state index contributed by atoms with van der Waals surface area (Å²) in [6.07, 6.45) is 0. The van der Waals surface area contributed by atoms with E-state index in [0.29, 0.717) is 12.1 Å². The molecular weight excluding hydrogens is 341 g/mol. The van der Waals surface area contributed by atoms with Crippen molar-refractivity contribution in [2.24, 2.45) is 0 Å². The van der Waals surface area contributed by atoms with Crippen LogP contribution in [-0.2, 0) is 0 Å². The zero-order valence-electron chi connectivity index (χ0n) is 10.6. The molecule has 114 valence electrons. The van der Waals surface area contributed by atoms with Crippen molar-refractivity contribution >= 4 is 40.5 Å². The number of anilines is 1. The van der Waals surface area contributed by atoms with Gasteiger partial charge in [-0.2, -0.15) is 0 Å². The number of rotatable bonds is 3. The summed E-state index contributed by atoms with van der Waals surface area (Å²) in [4.78, 5) is 22.0. The predicted octanol–water partition coefficient (Wildman–Crippen LogP) is 4.43. The molecule has 0 atom stereocenters. The van der Waals surface area contributed by atoms with Gasteiger partial charge in [-0.1, -0.05) is 23.2 Å². The van der Waals surface area contributed by atoms with Crippen LogP contribution in [0.4, 0.5) is 20.2 Å². The summed E-state index contributed by atoms with van der Waals surface area (Å²) >= 11 is 11.3. The first kappa shape index (κ1) is 16.1. The van der Waals surface area contributed by atoms with Crippen LogP contribution in [0.5, 0.6) is 0 Å². The summed E-state index contributed by atoms with van der Waals surface area (Å²) in [6, 6.07) is 4.88. The third kappa shape index (κ3) is 3.32. The third-order valence-corrected chi connectivity index (χ3v) is 3.29. The molecule has 0 bridgehead atoms. The quantitative estimate of drug-likeness (QED) is 0.507. The molecule has 2 aromatic rings. The highest BCUT2D eigenvalue weighted by Gasteiger charge is 2.17. The summed E-state index contributed by atoms with van der Waals surface area (Å²) in [5, 5.41) is 12.7. The Labute approximate surface area is 132 Å². The van der Waals surface area contributed by atoms with Gasteiger partial charge in [-0.05, 0) is 24.3 Å². The van der Waals surface area contributed by atoms with Gasteiger partial charge in [0.25, 0.3) is 11.6 Å². The molecule has 9 heteroatoms. The summed E-state index contributed by atoms with van der Waals surface area (Å²) in [7, 11) is 0. The van der Waals surface area contributed by atoms with Crippen molar-refractivity contribution in [1.29, 1.82) is 0 Å². The highest BCUT2D eigenvalue weighted by atomic mass is 35.5. The molecule has 0 aliphatic carbocycles. The van der Waals surface area contributed by atoms with E-state index >= 15 is 0 Å². The van der Waals surface area contributed by atoms with Gasteiger partial charge in [-0.25, -0.2) is 8.78 Å². The molecule has 0 radical (unpaired) electrons.